The number of hydrogen-bond acceptors (Lipinski definition) is 2. The highest BCUT2D eigenvalue weighted by Gasteiger charge is 2.20. The van der Waals surface area contributed by atoms with Crippen LogP contribution in [0, 0.1) is 5.77 Å². The van der Waals surface area contributed by atoms with Crippen LogP contribution in [0.4, 0.5) is 0 Å². The van der Waals surface area contributed by atoms with Crippen LogP contribution in [-0.4, -0.2) is 0 Å². The summed E-state index contributed by atoms with van der Waals surface area (Å²) in [7, 11) is 0. The molecule has 0 nitrogen and oxygen atoms in total. The third-order valence-corrected chi connectivity index (χ3v) is 8.35. The van der Waals surface area contributed by atoms with E-state index in [1.165, 1.54) is 48.2 Å². The molecule has 0 saturated carbocycles. The lowest BCUT2D eigenvalue weighted by Crippen LogP contribution is -1.87. The molecule has 0 atom stereocenters. The van der Waals surface area contributed by atoms with Gasteiger partial charge in [-0.25, -0.2) is 0 Å². The van der Waals surface area contributed by atoms with E-state index < -0.39 is 0 Å². The zero-order valence-electron chi connectivity index (χ0n) is 13.5. The van der Waals surface area contributed by atoms with Gasteiger partial charge in [-0.1, -0.05) is 60.7 Å². The molecule has 5 rings (SSSR count). The highest BCUT2D eigenvalue weighted by atomic mass is 127. The minimum Gasteiger partial charge on any atom is -0.128 e. The fourth-order valence-corrected chi connectivity index (χ4v) is 7.37. The molecule has 0 unspecified atom stereocenters. The summed E-state index contributed by atoms with van der Waals surface area (Å²) >= 11 is 8.70. The molecule has 26 heavy (non-hydrogen) atoms. The van der Waals surface area contributed by atoms with Gasteiger partial charge in [-0.2, -0.15) is 0 Å². The van der Waals surface area contributed by atoms with Gasteiger partial charge in [-0.05, 0) is 68.4 Å². The molecule has 0 amide bonds. The van der Waals surface area contributed by atoms with Gasteiger partial charge < -0.3 is 0 Å². The second-order valence-electron chi connectivity index (χ2n) is 6.07. The number of rotatable bonds is 2. The normalized spacial score (nSPS) is 11.5. The second-order valence-corrected chi connectivity index (χ2v) is 12.0. The van der Waals surface area contributed by atoms with Crippen molar-refractivity contribution in [3.63, 3.8) is 0 Å². The number of halogens is 2. The van der Waals surface area contributed by atoms with Crippen LogP contribution < -0.4 is 0 Å². The van der Waals surface area contributed by atoms with Gasteiger partial charge in [0.05, 0.1) is 5.77 Å². The highest BCUT2D eigenvalue weighted by Crippen LogP contribution is 2.49. The average molecular weight is 594 g/mol. The average Bonchev–Trinajstić information content (AvgIpc) is 3.23. The molecule has 0 N–H and O–H groups in total. The molecule has 0 aliphatic rings. The third kappa shape index (κ3) is 2.82. The monoisotopic (exact) mass is 594 g/mol. The molecule has 126 valence electrons. The predicted molar refractivity (Wildman–Crippen MR) is 134 cm³/mol. The third-order valence-electron chi connectivity index (χ3n) is 4.52. The Balaban J connectivity index is 2.05. The maximum Gasteiger partial charge on any atom is 0.0666 e. The minimum atomic E-state index is 1.29. The second kappa shape index (κ2) is 6.89. The first-order chi connectivity index (χ1) is 12.7. The summed E-state index contributed by atoms with van der Waals surface area (Å²) in [4.78, 5) is 0. The lowest BCUT2D eigenvalue weighted by molar-refractivity contribution is 1.65. The van der Waals surface area contributed by atoms with E-state index in [-0.39, 0.29) is 0 Å². The topological polar surface area (TPSA) is 0 Å². The molecule has 4 heteroatoms. The van der Waals surface area contributed by atoms with Crippen molar-refractivity contribution in [2.24, 2.45) is 0 Å². The first kappa shape index (κ1) is 17.2. The fraction of sp³-hybridized carbons (Fsp3) is 0. The summed E-state index contributed by atoms with van der Waals surface area (Å²) in [6, 6.07) is 26.3. The van der Waals surface area contributed by atoms with Gasteiger partial charge in [-0.3, -0.25) is 0 Å². The lowest BCUT2D eigenvalue weighted by atomic mass is 9.92. The summed E-state index contributed by atoms with van der Waals surface area (Å²) < 4.78 is 5.45. The molecule has 0 radical (unpaired) electrons. The summed E-state index contributed by atoms with van der Waals surface area (Å²) in [5.41, 5.74) is 5.32. The van der Waals surface area contributed by atoms with Crippen LogP contribution in [0.3, 0.4) is 0 Å². The van der Waals surface area contributed by atoms with Gasteiger partial charge in [0.2, 0.25) is 0 Å². The van der Waals surface area contributed by atoms with E-state index in [4.69, 9.17) is 0 Å². The lowest BCUT2D eigenvalue weighted by Gasteiger charge is -2.14. The van der Waals surface area contributed by atoms with Crippen LogP contribution in [0.5, 0.6) is 0 Å². The molecule has 2 aromatic heterocycles. The predicted octanol–water partition coefficient (Wildman–Crippen LogP) is 8.66. The van der Waals surface area contributed by atoms with Gasteiger partial charge in [0.25, 0.3) is 0 Å². The Labute approximate surface area is 187 Å². The van der Waals surface area contributed by atoms with Crippen LogP contribution in [-0.2, 0) is 0 Å². The molecule has 0 fully saturated rings. The maximum atomic E-state index is 2.45. The Morgan fingerprint density at radius 1 is 0.538 bits per heavy atom. The molecular formula is C22H12I2S2. The van der Waals surface area contributed by atoms with Crippen molar-refractivity contribution in [1.82, 2.24) is 0 Å². The quantitative estimate of drug-likeness (QED) is 0.180. The minimum absolute atomic E-state index is 1.29. The molecule has 0 aliphatic heterocycles. The number of thiophene rings is 2. The van der Waals surface area contributed by atoms with E-state index in [1.807, 2.05) is 22.7 Å². The molecule has 0 aliphatic carbocycles. The Bertz CT molecular complexity index is 1140. The van der Waals surface area contributed by atoms with Crippen molar-refractivity contribution in [2.75, 3.05) is 0 Å². The number of fused-ring (bicyclic) bond motifs is 3. The van der Waals surface area contributed by atoms with E-state index in [2.05, 4.69) is 118 Å². The SMILES string of the molecule is Ic1cc2c(s1)c(-c1ccccc1)c(-c1ccccc1)c1sc(I)cc12. The number of hydrogen-bond donors (Lipinski definition) is 0. The van der Waals surface area contributed by atoms with E-state index in [0.717, 1.165) is 0 Å². The molecule has 5 aromatic rings. The summed E-state index contributed by atoms with van der Waals surface area (Å²) in [6.45, 7) is 0. The maximum absolute atomic E-state index is 2.45. The van der Waals surface area contributed by atoms with E-state index in [9.17, 15) is 0 Å². The Hall–Kier alpha value is -0.960. The summed E-state index contributed by atoms with van der Waals surface area (Å²) in [5, 5.41) is 2.76. The van der Waals surface area contributed by atoms with Crippen LogP contribution in [0.25, 0.3) is 42.4 Å². The van der Waals surface area contributed by atoms with Gasteiger partial charge in [0.1, 0.15) is 0 Å². The summed E-state index contributed by atoms with van der Waals surface area (Å²) in [5.74, 6) is 0. The Kier molecular flexibility index (Phi) is 4.55. The van der Waals surface area contributed by atoms with Crippen LogP contribution in [0.15, 0.2) is 72.8 Å². The van der Waals surface area contributed by atoms with E-state index in [0.29, 0.717) is 0 Å². The standard InChI is InChI=1S/C22H12I2S2/c23-17-11-15-16-12-18(24)26-22(16)20(14-9-5-2-6-10-14)19(21(15)25-17)13-7-3-1-4-8-13/h1-12H. The molecule has 3 aromatic carbocycles. The molecule has 0 bridgehead atoms. The van der Waals surface area contributed by atoms with Crippen molar-refractivity contribution in [3.8, 4) is 22.3 Å². The fourth-order valence-electron chi connectivity index (χ4n) is 3.48. The van der Waals surface area contributed by atoms with Crippen molar-refractivity contribution in [3.05, 3.63) is 78.6 Å². The van der Waals surface area contributed by atoms with Crippen molar-refractivity contribution in [1.29, 1.82) is 0 Å². The van der Waals surface area contributed by atoms with Gasteiger partial charge >= 0.3 is 0 Å². The smallest absolute Gasteiger partial charge is 0.0666 e. The van der Waals surface area contributed by atoms with Crippen LogP contribution >= 0.6 is 67.9 Å². The molecular weight excluding hydrogens is 582 g/mol. The van der Waals surface area contributed by atoms with Crippen molar-refractivity contribution in [2.45, 2.75) is 0 Å². The molecule has 0 spiro atoms. The zero-order chi connectivity index (χ0) is 17.7. The zero-order valence-corrected chi connectivity index (χ0v) is 19.4. The van der Waals surface area contributed by atoms with Gasteiger partial charge in [0, 0.05) is 31.3 Å². The van der Waals surface area contributed by atoms with Crippen molar-refractivity contribution < 1.29 is 0 Å². The molecule has 2 heterocycles. The number of benzene rings is 3. The van der Waals surface area contributed by atoms with Crippen LogP contribution in [0.1, 0.15) is 0 Å². The van der Waals surface area contributed by atoms with Crippen LogP contribution in [0.2, 0.25) is 0 Å². The molecule has 0 saturated heterocycles. The van der Waals surface area contributed by atoms with Gasteiger partial charge in [0.15, 0.2) is 0 Å². The largest absolute Gasteiger partial charge is 0.128 e. The van der Waals surface area contributed by atoms with E-state index >= 15 is 0 Å². The van der Waals surface area contributed by atoms with E-state index in [1.54, 1.807) is 0 Å². The first-order valence-electron chi connectivity index (χ1n) is 8.17. The highest BCUT2D eigenvalue weighted by molar-refractivity contribution is 14.1. The Morgan fingerprint density at radius 3 is 1.31 bits per heavy atom. The summed E-state index contributed by atoms with van der Waals surface area (Å²) in [6.07, 6.45) is 0. The van der Waals surface area contributed by atoms with Crippen molar-refractivity contribution >= 4 is 88.0 Å². The Morgan fingerprint density at radius 2 is 0.923 bits per heavy atom. The first-order valence-corrected chi connectivity index (χ1v) is 12.0. The van der Waals surface area contributed by atoms with Gasteiger partial charge in [-0.15, -0.1) is 22.7 Å².